The van der Waals surface area contributed by atoms with Gasteiger partial charge < -0.3 is 5.32 Å². The molecule has 1 atom stereocenters. The molecule has 0 bridgehead atoms. The van der Waals surface area contributed by atoms with Gasteiger partial charge in [0, 0.05) is 10.9 Å². The minimum Gasteiger partial charge on any atom is -0.309 e. The van der Waals surface area contributed by atoms with Crippen molar-refractivity contribution in [2.75, 3.05) is 6.54 Å². The molecule has 0 aliphatic carbocycles. The number of rotatable bonds is 5. The molecule has 2 heteroatoms. The van der Waals surface area contributed by atoms with Crippen LogP contribution in [0.5, 0.6) is 0 Å². The van der Waals surface area contributed by atoms with Crippen LogP contribution in [0.3, 0.4) is 0 Å². The summed E-state index contributed by atoms with van der Waals surface area (Å²) in [5, 5.41) is 5.59. The van der Waals surface area contributed by atoms with Gasteiger partial charge >= 0.3 is 0 Å². The first-order valence-electron chi connectivity index (χ1n) is 4.65. The molecular weight excluding hydrogens is 178 g/mol. The molecule has 1 unspecified atom stereocenters. The summed E-state index contributed by atoms with van der Waals surface area (Å²) in [5.74, 6) is 0. The molecule has 0 radical (unpaired) electrons. The van der Waals surface area contributed by atoms with Crippen molar-refractivity contribution in [2.45, 2.75) is 26.3 Å². The molecule has 0 saturated heterocycles. The van der Waals surface area contributed by atoms with Crippen LogP contribution >= 0.6 is 11.3 Å². The summed E-state index contributed by atoms with van der Waals surface area (Å²) in [6, 6.07) is 4.74. The van der Waals surface area contributed by atoms with E-state index in [1.54, 1.807) is 0 Å². The Balaban J connectivity index is 2.62. The van der Waals surface area contributed by atoms with Gasteiger partial charge in [-0.05, 0) is 31.3 Å². The Morgan fingerprint density at radius 2 is 2.46 bits per heavy atom. The van der Waals surface area contributed by atoms with Crippen molar-refractivity contribution in [3.05, 3.63) is 34.5 Å². The highest BCUT2D eigenvalue weighted by atomic mass is 32.1. The summed E-state index contributed by atoms with van der Waals surface area (Å²) >= 11 is 1.81. The molecule has 0 aliphatic heterocycles. The maximum absolute atomic E-state index is 3.95. The highest BCUT2D eigenvalue weighted by Crippen LogP contribution is 2.24. The van der Waals surface area contributed by atoms with E-state index in [9.17, 15) is 0 Å². The van der Waals surface area contributed by atoms with Crippen LogP contribution in [0.4, 0.5) is 0 Å². The normalized spacial score (nSPS) is 12.8. The summed E-state index contributed by atoms with van der Waals surface area (Å²) in [6.45, 7) is 9.18. The highest BCUT2D eigenvalue weighted by molar-refractivity contribution is 7.10. The molecule has 13 heavy (non-hydrogen) atoms. The minimum absolute atomic E-state index is 0.461. The molecule has 0 amide bonds. The highest BCUT2D eigenvalue weighted by Gasteiger charge is 2.10. The molecule has 1 N–H and O–H groups in total. The average Bonchev–Trinajstić information content (AvgIpc) is 2.54. The van der Waals surface area contributed by atoms with Gasteiger partial charge in [-0.2, -0.15) is 0 Å². The molecule has 1 aromatic rings. The van der Waals surface area contributed by atoms with E-state index in [-0.39, 0.29) is 0 Å². The summed E-state index contributed by atoms with van der Waals surface area (Å²) in [4.78, 5) is 1.41. The van der Waals surface area contributed by atoms with Crippen molar-refractivity contribution in [2.24, 2.45) is 0 Å². The van der Waals surface area contributed by atoms with Crippen molar-refractivity contribution in [1.82, 2.24) is 5.32 Å². The fourth-order valence-electron chi connectivity index (χ4n) is 1.36. The second-order valence-corrected chi connectivity index (χ2v) is 4.27. The maximum atomic E-state index is 3.95. The molecule has 1 heterocycles. The van der Waals surface area contributed by atoms with Crippen LogP contribution in [0.1, 0.15) is 31.2 Å². The third-order valence-electron chi connectivity index (χ3n) is 1.89. The van der Waals surface area contributed by atoms with Gasteiger partial charge in [0.15, 0.2) is 0 Å². The zero-order valence-electron chi connectivity index (χ0n) is 8.34. The van der Waals surface area contributed by atoms with Crippen LogP contribution in [-0.2, 0) is 0 Å². The topological polar surface area (TPSA) is 12.0 Å². The van der Waals surface area contributed by atoms with E-state index < -0.39 is 0 Å². The van der Waals surface area contributed by atoms with E-state index in [2.05, 4.69) is 43.3 Å². The monoisotopic (exact) mass is 195 g/mol. The summed E-state index contributed by atoms with van der Waals surface area (Å²) < 4.78 is 0. The predicted molar refractivity (Wildman–Crippen MR) is 60.2 cm³/mol. The van der Waals surface area contributed by atoms with Crippen molar-refractivity contribution in [3.8, 4) is 0 Å². The van der Waals surface area contributed by atoms with E-state index in [1.807, 2.05) is 11.3 Å². The van der Waals surface area contributed by atoms with Gasteiger partial charge in [0.05, 0.1) is 0 Å². The Morgan fingerprint density at radius 3 is 2.92 bits per heavy atom. The Hall–Kier alpha value is -0.600. The largest absolute Gasteiger partial charge is 0.309 e. The molecule has 1 nitrogen and oxygen atoms in total. The lowest BCUT2D eigenvalue weighted by molar-refractivity contribution is 0.556. The van der Waals surface area contributed by atoms with Crippen LogP contribution in [-0.4, -0.2) is 6.54 Å². The van der Waals surface area contributed by atoms with E-state index in [0.29, 0.717) is 6.04 Å². The Morgan fingerprint density at radius 1 is 1.69 bits per heavy atom. The average molecular weight is 195 g/mol. The van der Waals surface area contributed by atoms with Crippen molar-refractivity contribution in [1.29, 1.82) is 0 Å². The minimum atomic E-state index is 0.461. The lowest BCUT2D eigenvalue weighted by Gasteiger charge is -2.15. The smallest absolute Gasteiger partial charge is 0.0452 e. The van der Waals surface area contributed by atoms with Crippen molar-refractivity contribution < 1.29 is 0 Å². The molecule has 0 fully saturated rings. The molecular formula is C11H17NS. The molecule has 0 spiro atoms. The summed E-state index contributed by atoms with van der Waals surface area (Å²) in [5.41, 5.74) is 1.24. The second kappa shape index (κ2) is 5.20. The molecule has 0 aromatic carbocycles. The van der Waals surface area contributed by atoms with E-state index >= 15 is 0 Å². The van der Waals surface area contributed by atoms with Crippen LogP contribution < -0.4 is 5.32 Å². The fourth-order valence-corrected chi connectivity index (χ4v) is 2.16. The van der Waals surface area contributed by atoms with Gasteiger partial charge in [0.1, 0.15) is 0 Å². The predicted octanol–water partition coefficient (Wildman–Crippen LogP) is 3.36. The summed E-state index contributed by atoms with van der Waals surface area (Å²) in [7, 11) is 0. The van der Waals surface area contributed by atoms with Gasteiger partial charge in [-0.25, -0.2) is 0 Å². The Bertz CT molecular complexity index is 251. The summed E-state index contributed by atoms with van der Waals surface area (Å²) in [6.07, 6.45) is 1.04. The van der Waals surface area contributed by atoms with E-state index in [1.165, 1.54) is 10.5 Å². The van der Waals surface area contributed by atoms with E-state index in [4.69, 9.17) is 0 Å². The number of hydrogen-bond acceptors (Lipinski definition) is 2. The lowest BCUT2D eigenvalue weighted by atomic mass is 10.1. The first-order valence-corrected chi connectivity index (χ1v) is 5.53. The Labute approximate surface area is 84.5 Å². The van der Waals surface area contributed by atoms with Crippen molar-refractivity contribution >= 4 is 11.3 Å². The van der Waals surface area contributed by atoms with Gasteiger partial charge in [-0.3, -0.25) is 0 Å². The maximum Gasteiger partial charge on any atom is 0.0452 e. The van der Waals surface area contributed by atoms with Gasteiger partial charge in [0.25, 0.3) is 0 Å². The van der Waals surface area contributed by atoms with Crippen LogP contribution in [0, 0.1) is 0 Å². The number of thiophene rings is 1. The fraction of sp³-hybridized carbons (Fsp3) is 0.455. The first kappa shape index (κ1) is 10.5. The van der Waals surface area contributed by atoms with Crippen LogP contribution in [0.15, 0.2) is 29.7 Å². The van der Waals surface area contributed by atoms with Gasteiger partial charge in [-0.1, -0.05) is 18.6 Å². The van der Waals surface area contributed by atoms with Crippen LogP contribution in [0.25, 0.3) is 0 Å². The SMILES string of the molecule is C=C(C)CC(NCC)c1cccs1. The lowest BCUT2D eigenvalue weighted by Crippen LogP contribution is -2.20. The Kier molecular flexibility index (Phi) is 4.19. The second-order valence-electron chi connectivity index (χ2n) is 3.29. The molecule has 1 aromatic heterocycles. The van der Waals surface area contributed by atoms with Crippen LogP contribution in [0.2, 0.25) is 0 Å². The number of hydrogen-bond donors (Lipinski definition) is 1. The number of nitrogens with one attached hydrogen (secondary N) is 1. The molecule has 0 aliphatic rings. The molecule has 0 saturated carbocycles. The quantitative estimate of drug-likeness (QED) is 0.710. The van der Waals surface area contributed by atoms with Crippen molar-refractivity contribution in [3.63, 3.8) is 0 Å². The zero-order chi connectivity index (χ0) is 9.68. The molecule has 1 rings (SSSR count). The third-order valence-corrected chi connectivity index (χ3v) is 2.88. The standard InChI is InChI=1S/C11H17NS/c1-4-12-10(8-9(2)3)11-6-5-7-13-11/h5-7,10,12H,2,4,8H2,1,3H3. The first-order chi connectivity index (χ1) is 6.24. The third kappa shape index (κ3) is 3.33. The van der Waals surface area contributed by atoms with Gasteiger partial charge in [0.2, 0.25) is 0 Å². The molecule has 72 valence electrons. The van der Waals surface area contributed by atoms with Gasteiger partial charge in [-0.15, -0.1) is 17.9 Å². The van der Waals surface area contributed by atoms with E-state index in [0.717, 1.165) is 13.0 Å². The zero-order valence-corrected chi connectivity index (χ0v) is 9.16.